The number of halogens is 5. The zero-order valence-corrected chi connectivity index (χ0v) is 19.5. The fraction of sp³-hybridized carbons (Fsp3) is 0.478. The minimum atomic E-state index is -5.74. The molecule has 0 bridgehead atoms. The Morgan fingerprint density at radius 3 is 2.18 bits per heavy atom. The van der Waals surface area contributed by atoms with E-state index >= 15 is 0 Å². The van der Waals surface area contributed by atoms with Gasteiger partial charge in [-0.25, -0.2) is 0 Å². The predicted octanol–water partition coefficient (Wildman–Crippen LogP) is 5.82. The Morgan fingerprint density at radius 1 is 0.824 bits per heavy atom. The quantitative estimate of drug-likeness (QED) is 0.147. The predicted molar refractivity (Wildman–Crippen MR) is 122 cm³/mol. The molecule has 2 aromatic rings. The highest BCUT2D eigenvalue weighted by atomic mass is 31.2. The first-order valence-corrected chi connectivity index (χ1v) is 12.8. The maximum atomic E-state index is 14.2. The van der Waals surface area contributed by atoms with Crippen LogP contribution in [-0.4, -0.2) is 35.2 Å². The summed E-state index contributed by atoms with van der Waals surface area (Å²) in [6, 6.07) is 13.3. The molecule has 0 atom stereocenters. The highest BCUT2D eigenvalue weighted by Gasteiger charge is 2.59. The number of rotatable bonds is 14. The lowest BCUT2D eigenvalue weighted by Crippen LogP contribution is -2.34. The van der Waals surface area contributed by atoms with Crippen molar-refractivity contribution in [2.24, 2.45) is 0 Å². The van der Waals surface area contributed by atoms with Crippen molar-refractivity contribution < 1.29 is 36.3 Å². The van der Waals surface area contributed by atoms with Crippen molar-refractivity contribution in [3.05, 3.63) is 65.2 Å². The summed E-state index contributed by atoms with van der Waals surface area (Å²) < 4.78 is 78.5. The van der Waals surface area contributed by atoms with Crippen molar-refractivity contribution in [1.29, 1.82) is 0 Å². The number of hydrogen-bond donors (Lipinski definition) is 4. The van der Waals surface area contributed by atoms with Gasteiger partial charge in [-0.05, 0) is 55.5 Å². The van der Waals surface area contributed by atoms with Gasteiger partial charge >= 0.3 is 19.7 Å². The molecule has 4 N–H and O–H groups in total. The largest absolute Gasteiger partial charge is 0.458 e. The molecule has 0 aromatic heterocycles. The first-order valence-electron chi connectivity index (χ1n) is 11.0. The van der Waals surface area contributed by atoms with Gasteiger partial charge in [-0.3, -0.25) is 4.57 Å². The monoisotopic (exact) mass is 508 g/mol. The Bertz CT molecular complexity index is 936. The van der Waals surface area contributed by atoms with Crippen LogP contribution in [0, 0.1) is 0 Å². The average molecular weight is 508 g/mol. The van der Waals surface area contributed by atoms with Crippen molar-refractivity contribution in [3.63, 3.8) is 0 Å². The van der Waals surface area contributed by atoms with Crippen molar-refractivity contribution in [2.45, 2.75) is 50.7 Å². The van der Waals surface area contributed by atoms with Crippen LogP contribution in [0.15, 0.2) is 48.5 Å². The number of nitrogens with one attached hydrogen (secondary N) is 2. The third-order valence-electron chi connectivity index (χ3n) is 5.21. The summed E-state index contributed by atoms with van der Waals surface area (Å²) in [5, 5.41) is 5.52. The third kappa shape index (κ3) is 9.33. The molecular weight excluding hydrogens is 478 g/mol. The van der Waals surface area contributed by atoms with Gasteiger partial charge in [-0.1, -0.05) is 42.8 Å². The van der Waals surface area contributed by atoms with Crippen LogP contribution in [0.4, 0.5) is 27.6 Å². The Hall–Kier alpha value is -2.00. The van der Waals surface area contributed by atoms with Gasteiger partial charge in [-0.2, -0.15) is 22.0 Å². The Kier molecular flexibility index (Phi) is 10.5. The molecule has 0 aliphatic rings. The topological polar surface area (TPSA) is 81.6 Å². The number of unbranched alkanes of at least 4 members (excludes halogenated alkanes) is 2. The standard InChI is InChI=1S/C23H30F5N2O3P/c24-22(25,23(26,27)28)20-16-19(17-29-13-7-15-34(31,32)33)11-12-21(20)30-14-6-2-5-10-18-8-3-1-4-9-18/h1,3-4,8-9,11-12,16,29-30H,2,5-7,10,13-15,17H2,(H2,31,32,33). The second-order valence-corrected chi connectivity index (χ2v) is 9.87. The molecule has 2 aromatic carbocycles. The lowest BCUT2D eigenvalue weighted by molar-refractivity contribution is -0.289. The van der Waals surface area contributed by atoms with E-state index < -0.39 is 25.3 Å². The van der Waals surface area contributed by atoms with E-state index in [2.05, 4.69) is 10.6 Å². The number of alkyl halides is 5. The van der Waals surface area contributed by atoms with Crippen LogP contribution in [-0.2, 0) is 23.5 Å². The number of anilines is 1. The van der Waals surface area contributed by atoms with Crippen molar-refractivity contribution in [1.82, 2.24) is 5.32 Å². The van der Waals surface area contributed by atoms with E-state index in [4.69, 9.17) is 9.79 Å². The van der Waals surface area contributed by atoms with Gasteiger partial charge in [0.2, 0.25) is 0 Å². The van der Waals surface area contributed by atoms with Crippen molar-refractivity contribution >= 4 is 13.3 Å². The molecule has 0 radical (unpaired) electrons. The number of hydrogen-bond acceptors (Lipinski definition) is 3. The minimum absolute atomic E-state index is 0.0120. The molecule has 0 aliphatic heterocycles. The van der Waals surface area contributed by atoms with E-state index in [1.807, 2.05) is 30.3 Å². The van der Waals surface area contributed by atoms with Gasteiger partial charge in [0.1, 0.15) is 0 Å². The summed E-state index contributed by atoms with van der Waals surface area (Å²) in [6.45, 7) is 0.427. The van der Waals surface area contributed by atoms with E-state index in [0.29, 0.717) is 6.42 Å². The van der Waals surface area contributed by atoms with E-state index in [1.54, 1.807) is 0 Å². The molecule has 11 heteroatoms. The molecule has 0 amide bonds. The van der Waals surface area contributed by atoms with Crippen LogP contribution < -0.4 is 10.6 Å². The summed E-state index contributed by atoms with van der Waals surface area (Å²) in [7, 11) is -4.14. The normalized spacial score (nSPS) is 12.7. The minimum Gasteiger partial charge on any atom is -0.385 e. The Balaban J connectivity index is 1.95. The first-order chi connectivity index (χ1) is 15.9. The zero-order chi connectivity index (χ0) is 25.2. The summed E-state index contributed by atoms with van der Waals surface area (Å²) in [4.78, 5) is 17.6. The molecule has 0 unspecified atom stereocenters. The maximum absolute atomic E-state index is 14.2. The van der Waals surface area contributed by atoms with Crippen LogP contribution in [0.1, 0.15) is 42.4 Å². The molecule has 2 rings (SSSR count). The second-order valence-electron chi connectivity index (χ2n) is 8.09. The maximum Gasteiger partial charge on any atom is 0.458 e. The SMILES string of the molecule is O=P(O)(O)CCCNCc1ccc(NCCCCCc2ccccc2)c(C(F)(F)C(F)(F)F)c1. The summed E-state index contributed by atoms with van der Waals surface area (Å²) >= 11 is 0. The molecule has 0 heterocycles. The fourth-order valence-corrected chi connectivity index (χ4v) is 3.98. The zero-order valence-electron chi connectivity index (χ0n) is 18.6. The Labute approximate surface area is 195 Å². The van der Waals surface area contributed by atoms with Gasteiger partial charge in [0, 0.05) is 18.8 Å². The molecule has 0 fully saturated rings. The molecule has 190 valence electrons. The molecule has 0 spiro atoms. The molecule has 34 heavy (non-hydrogen) atoms. The van der Waals surface area contributed by atoms with Gasteiger partial charge in [0.15, 0.2) is 0 Å². The van der Waals surface area contributed by atoms with E-state index in [9.17, 15) is 26.5 Å². The van der Waals surface area contributed by atoms with E-state index in [1.165, 1.54) is 17.7 Å². The first kappa shape index (κ1) is 28.2. The summed E-state index contributed by atoms with van der Waals surface area (Å²) in [5.41, 5.74) is -0.00792. The van der Waals surface area contributed by atoms with Crippen molar-refractivity contribution in [2.75, 3.05) is 24.6 Å². The molecular formula is C23H30F5N2O3P. The van der Waals surface area contributed by atoms with Gasteiger partial charge in [0.25, 0.3) is 0 Å². The molecule has 0 saturated carbocycles. The lowest BCUT2D eigenvalue weighted by atomic mass is 10.0. The van der Waals surface area contributed by atoms with Crippen LogP contribution >= 0.6 is 7.60 Å². The lowest BCUT2D eigenvalue weighted by Gasteiger charge is -2.24. The smallest absolute Gasteiger partial charge is 0.385 e. The molecule has 0 saturated heterocycles. The van der Waals surface area contributed by atoms with Gasteiger partial charge in [-0.15, -0.1) is 0 Å². The van der Waals surface area contributed by atoms with E-state index in [0.717, 1.165) is 25.3 Å². The molecule has 5 nitrogen and oxygen atoms in total. The van der Waals surface area contributed by atoms with Crippen LogP contribution in [0.5, 0.6) is 0 Å². The third-order valence-corrected chi connectivity index (χ3v) is 6.11. The van der Waals surface area contributed by atoms with Crippen LogP contribution in [0.2, 0.25) is 0 Å². The van der Waals surface area contributed by atoms with Crippen LogP contribution in [0.3, 0.4) is 0 Å². The Morgan fingerprint density at radius 2 is 1.53 bits per heavy atom. The highest BCUT2D eigenvalue weighted by Crippen LogP contribution is 2.46. The van der Waals surface area contributed by atoms with Crippen molar-refractivity contribution in [3.8, 4) is 0 Å². The number of aryl methyl sites for hydroxylation is 1. The van der Waals surface area contributed by atoms with Crippen LogP contribution in [0.25, 0.3) is 0 Å². The fourth-order valence-electron chi connectivity index (χ4n) is 3.41. The average Bonchev–Trinajstić information content (AvgIpc) is 2.75. The summed E-state index contributed by atoms with van der Waals surface area (Å²) in [5.74, 6) is -5.03. The molecule has 0 aliphatic carbocycles. The van der Waals surface area contributed by atoms with Gasteiger partial charge < -0.3 is 20.4 Å². The second kappa shape index (κ2) is 12.6. The van der Waals surface area contributed by atoms with Gasteiger partial charge in [0.05, 0.1) is 11.7 Å². The van der Waals surface area contributed by atoms with E-state index in [-0.39, 0.29) is 43.5 Å². The summed E-state index contributed by atoms with van der Waals surface area (Å²) in [6.07, 6.45) is -2.78. The highest BCUT2D eigenvalue weighted by molar-refractivity contribution is 7.51. The number of benzene rings is 2.